The van der Waals surface area contributed by atoms with Gasteiger partial charge in [0.15, 0.2) is 0 Å². The Balaban J connectivity index is 2.10. The van der Waals surface area contributed by atoms with Gasteiger partial charge in [0.2, 0.25) is 0 Å². The maximum absolute atomic E-state index is 12.7. The molecule has 0 spiro atoms. The van der Waals surface area contributed by atoms with Crippen LogP contribution in [0.2, 0.25) is 0 Å². The van der Waals surface area contributed by atoms with Crippen molar-refractivity contribution in [2.75, 3.05) is 17.6 Å². The van der Waals surface area contributed by atoms with Gasteiger partial charge >= 0.3 is 6.09 Å². The number of anilines is 1. The summed E-state index contributed by atoms with van der Waals surface area (Å²) >= 11 is 0. The van der Waals surface area contributed by atoms with E-state index in [0.717, 1.165) is 30.5 Å². The van der Waals surface area contributed by atoms with Crippen LogP contribution in [-0.4, -0.2) is 24.0 Å². The number of ether oxygens (including phenoxy) is 1. The third kappa shape index (κ3) is 3.86. The number of carbonyl (C=O) groups excluding carboxylic acids is 1. The summed E-state index contributed by atoms with van der Waals surface area (Å²) in [5, 5.41) is 3.56. The zero-order valence-electron chi connectivity index (χ0n) is 12.3. The fraction of sp³-hybridized carbons (Fsp3) is 0.533. The summed E-state index contributed by atoms with van der Waals surface area (Å²) in [6.07, 6.45) is 3.13. The summed E-state index contributed by atoms with van der Waals surface area (Å²) < 4.78 is 18.0. The van der Waals surface area contributed by atoms with Crippen molar-refractivity contribution in [3.63, 3.8) is 0 Å². The lowest BCUT2D eigenvalue weighted by atomic mass is 10.2. The van der Waals surface area contributed by atoms with E-state index < -0.39 is 18.8 Å². The Bertz CT molecular complexity index is 538. The monoisotopic (exact) mass is 295 g/mol. The summed E-state index contributed by atoms with van der Waals surface area (Å²) in [6, 6.07) is 7.33. The highest BCUT2D eigenvalue weighted by Gasteiger charge is 2.29. The molecule has 110 valence electrons. The molecule has 1 aromatic rings. The third-order valence-electron chi connectivity index (χ3n) is 3.25. The average Bonchev–Trinajstić information content (AvgIpc) is 2.75. The van der Waals surface area contributed by atoms with Crippen LogP contribution in [0.4, 0.5) is 10.5 Å². The van der Waals surface area contributed by atoms with Crippen LogP contribution in [0.3, 0.4) is 0 Å². The fourth-order valence-corrected chi connectivity index (χ4v) is 5.30. The molecule has 0 aliphatic carbocycles. The first-order valence-electron chi connectivity index (χ1n) is 6.97. The summed E-state index contributed by atoms with van der Waals surface area (Å²) in [5.41, 5.74) is 0.110. The normalized spacial score (nSPS) is 17.8. The van der Waals surface area contributed by atoms with E-state index in [0.29, 0.717) is 5.69 Å². The maximum Gasteiger partial charge on any atom is 0.412 e. The van der Waals surface area contributed by atoms with Gasteiger partial charge in [0, 0.05) is 23.3 Å². The van der Waals surface area contributed by atoms with E-state index in [1.807, 2.05) is 39.0 Å². The SMILES string of the molecule is CC(C)(C)OC(=O)Nc1cccc(P2(=O)CCCC2)c1. The van der Waals surface area contributed by atoms with Crippen molar-refractivity contribution < 1.29 is 14.1 Å². The summed E-state index contributed by atoms with van der Waals surface area (Å²) in [7, 11) is -2.23. The van der Waals surface area contributed by atoms with E-state index in [4.69, 9.17) is 4.74 Å². The Hall–Kier alpha value is -1.28. The summed E-state index contributed by atoms with van der Waals surface area (Å²) in [6.45, 7) is 5.46. The second-order valence-electron chi connectivity index (χ2n) is 6.22. The largest absolute Gasteiger partial charge is 0.444 e. The molecule has 1 amide bonds. The molecule has 1 aromatic carbocycles. The van der Waals surface area contributed by atoms with Gasteiger partial charge in [0.25, 0.3) is 0 Å². The van der Waals surface area contributed by atoms with Gasteiger partial charge in [-0.1, -0.05) is 12.1 Å². The van der Waals surface area contributed by atoms with Crippen molar-refractivity contribution >= 4 is 24.2 Å². The Morgan fingerprint density at radius 2 is 1.90 bits per heavy atom. The molecule has 0 bridgehead atoms. The smallest absolute Gasteiger partial charge is 0.412 e. The molecule has 0 unspecified atom stereocenters. The average molecular weight is 295 g/mol. The molecule has 2 rings (SSSR count). The molecular weight excluding hydrogens is 273 g/mol. The molecule has 0 saturated carbocycles. The number of carbonyl (C=O) groups is 1. The molecule has 0 radical (unpaired) electrons. The number of hydrogen-bond acceptors (Lipinski definition) is 3. The van der Waals surface area contributed by atoms with E-state index in [1.54, 1.807) is 6.07 Å². The third-order valence-corrected chi connectivity index (χ3v) is 6.55. The number of amides is 1. The van der Waals surface area contributed by atoms with E-state index >= 15 is 0 Å². The standard InChI is InChI=1S/C15H22NO3P/c1-15(2,3)19-14(17)16-12-7-6-8-13(11-12)20(18)9-4-5-10-20/h6-8,11H,4-5,9-10H2,1-3H3,(H,16,17). The minimum Gasteiger partial charge on any atom is -0.444 e. The first-order chi connectivity index (χ1) is 9.28. The molecule has 1 saturated heterocycles. The molecule has 0 atom stereocenters. The van der Waals surface area contributed by atoms with Crippen LogP contribution in [0.25, 0.3) is 0 Å². The topological polar surface area (TPSA) is 55.4 Å². The van der Waals surface area contributed by atoms with Crippen molar-refractivity contribution in [3.05, 3.63) is 24.3 Å². The lowest BCUT2D eigenvalue weighted by Crippen LogP contribution is -2.27. The predicted molar refractivity (Wildman–Crippen MR) is 82.5 cm³/mol. The maximum atomic E-state index is 12.7. The minimum atomic E-state index is -2.23. The Morgan fingerprint density at radius 1 is 1.25 bits per heavy atom. The van der Waals surface area contributed by atoms with Crippen LogP contribution in [0.5, 0.6) is 0 Å². The number of hydrogen-bond donors (Lipinski definition) is 1. The lowest BCUT2D eigenvalue weighted by Gasteiger charge is -2.20. The lowest BCUT2D eigenvalue weighted by molar-refractivity contribution is 0.0636. The van der Waals surface area contributed by atoms with Crippen LogP contribution >= 0.6 is 7.14 Å². The second kappa shape index (κ2) is 5.61. The fourth-order valence-electron chi connectivity index (χ4n) is 2.36. The molecule has 5 heteroatoms. The van der Waals surface area contributed by atoms with Crippen LogP contribution in [0, 0.1) is 0 Å². The first kappa shape index (κ1) is 15.1. The van der Waals surface area contributed by atoms with E-state index in [-0.39, 0.29) is 0 Å². The molecule has 1 aliphatic heterocycles. The molecule has 1 heterocycles. The Labute approximate surface area is 120 Å². The molecule has 4 nitrogen and oxygen atoms in total. The van der Waals surface area contributed by atoms with Gasteiger partial charge in [-0.2, -0.15) is 0 Å². The second-order valence-corrected chi connectivity index (χ2v) is 9.41. The minimum absolute atomic E-state index is 0.487. The first-order valence-corrected chi connectivity index (χ1v) is 9.05. The van der Waals surface area contributed by atoms with Gasteiger partial charge in [-0.15, -0.1) is 0 Å². The van der Waals surface area contributed by atoms with Crippen molar-refractivity contribution in [3.8, 4) is 0 Å². The Kier molecular flexibility index (Phi) is 4.24. The van der Waals surface area contributed by atoms with Crippen LogP contribution in [0.15, 0.2) is 24.3 Å². The van der Waals surface area contributed by atoms with Crippen molar-refractivity contribution in [2.45, 2.75) is 39.2 Å². The van der Waals surface area contributed by atoms with Crippen molar-refractivity contribution in [1.82, 2.24) is 0 Å². The highest BCUT2D eigenvalue weighted by molar-refractivity contribution is 7.71. The molecule has 0 aromatic heterocycles. The molecular formula is C15H22NO3P. The van der Waals surface area contributed by atoms with E-state index in [1.165, 1.54) is 0 Å². The van der Waals surface area contributed by atoms with Gasteiger partial charge in [-0.05, 0) is 45.7 Å². The number of nitrogens with one attached hydrogen (secondary N) is 1. The molecule has 1 fully saturated rings. The van der Waals surface area contributed by atoms with Crippen LogP contribution in [-0.2, 0) is 9.30 Å². The quantitative estimate of drug-likeness (QED) is 0.844. The highest BCUT2D eigenvalue weighted by atomic mass is 31.2. The summed E-state index contributed by atoms with van der Waals surface area (Å²) in [5.74, 6) is 0. The van der Waals surface area contributed by atoms with Crippen molar-refractivity contribution in [2.24, 2.45) is 0 Å². The van der Waals surface area contributed by atoms with Crippen LogP contribution < -0.4 is 10.6 Å². The van der Waals surface area contributed by atoms with Crippen LogP contribution in [0.1, 0.15) is 33.6 Å². The number of rotatable bonds is 2. The zero-order chi connectivity index (χ0) is 14.8. The van der Waals surface area contributed by atoms with Gasteiger partial charge in [0.05, 0.1) is 0 Å². The summed E-state index contributed by atoms with van der Waals surface area (Å²) in [4.78, 5) is 11.7. The molecule has 1 aliphatic rings. The van der Waals surface area contributed by atoms with E-state index in [9.17, 15) is 9.36 Å². The highest BCUT2D eigenvalue weighted by Crippen LogP contribution is 2.51. The Morgan fingerprint density at radius 3 is 2.50 bits per heavy atom. The van der Waals surface area contributed by atoms with Gasteiger partial charge in [0.1, 0.15) is 12.7 Å². The zero-order valence-corrected chi connectivity index (χ0v) is 13.2. The van der Waals surface area contributed by atoms with E-state index in [2.05, 4.69) is 5.32 Å². The van der Waals surface area contributed by atoms with Gasteiger partial charge < -0.3 is 9.30 Å². The van der Waals surface area contributed by atoms with Crippen molar-refractivity contribution in [1.29, 1.82) is 0 Å². The van der Waals surface area contributed by atoms with Gasteiger partial charge in [-0.25, -0.2) is 4.79 Å². The predicted octanol–water partition coefficient (Wildman–Crippen LogP) is 3.82. The number of benzene rings is 1. The molecule has 20 heavy (non-hydrogen) atoms. The van der Waals surface area contributed by atoms with Gasteiger partial charge in [-0.3, -0.25) is 5.32 Å². The molecule has 1 N–H and O–H groups in total.